The van der Waals surface area contributed by atoms with E-state index in [0.717, 1.165) is 36.1 Å². The number of hydrogen-bond acceptors (Lipinski definition) is 7. The maximum atomic E-state index is 12.4. The van der Waals surface area contributed by atoms with E-state index in [2.05, 4.69) is 10.3 Å². The Bertz CT molecular complexity index is 976. The lowest BCUT2D eigenvalue weighted by Gasteiger charge is -2.13. The number of methoxy groups -OCH3 is 2. The minimum Gasteiger partial charge on any atom is -0.493 e. The molecule has 0 unspecified atom stereocenters. The van der Waals surface area contributed by atoms with E-state index < -0.39 is 0 Å². The second kappa shape index (κ2) is 11.2. The topological polar surface area (TPSA) is 103 Å². The van der Waals surface area contributed by atoms with Crippen molar-refractivity contribution in [1.29, 1.82) is 0 Å². The van der Waals surface area contributed by atoms with E-state index in [-0.39, 0.29) is 24.0 Å². The van der Waals surface area contributed by atoms with E-state index in [9.17, 15) is 9.59 Å². The van der Waals surface area contributed by atoms with Crippen molar-refractivity contribution in [3.8, 4) is 11.5 Å². The molecule has 0 saturated heterocycles. The Kier molecular flexibility index (Phi) is 8.36. The van der Waals surface area contributed by atoms with Crippen LogP contribution in [0, 0.1) is 0 Å². The number of nitrogens with one attached hydrogen (secondary N) is 1. The predicted octanol–water partition coefficient (Wildman–Crippen LogP) is 1.58. The standard InChI is InChI=1S/C22H29N3O5S/c1-29-18-8-7-15(13-19(18)30-2)9-10-23-20(27)14-31-21-16-5-3-6-17(16)25(11-4-12-26)22(28)24-21/h7-8,13,26H,3-6,9-12,14H2,1-2H3,(H,23,27). The molecule has 0 fully saturated rings. The zero-order valence-electron chi connectivity index (χ0n) is 18.0. The van der Waals surface area contributed by atoms with Crippen LogP contribution < -0.4 is 20.5 Å². The Hall–Kier alpha value is -2.52. The normalized spacial score (nSPS) is 12.5. The van der Waals surface area contributed by atoms with Gasteiger partial charge in [-0.1, -0.05) is 17.8 Å². The Morgan fingerprint density at radius 2 is 2.06 bits per heavy atom. The number of aromatic nitrogens is 2. The van der Waals surface area contributed by atoms with Gasteiger partial charge < -0.3 is 19.9 Å². The van der Waals surface area contributed by atoms with E-state index in [0.29, 0.717) is 42.5 Å². The molecule has 1 aliphatic rings. The van der Waals surface area contributed by atoms with Crippen LogP contribution in [-0.4, -0.2) is 53.7 Å². The molecule has 0 spiro atoms. The Morgan fingerprint density at radius 1 is 1.26 bits per heavy atom. The lowest BCUT2D eigenvalue weighted by atomic mass is 10.1. The molecule has 1 aromatic heterocycles. The van der Waals surface area contributed by atoms with Gasteiger partial charge >= 0.3 is 5.69 Å². The first-order valence-corrected chi connectivity index (χ1v) is 11.4. The lowest BCUT2D eigenvalue weighted by molar-refractivity contribution is -0.118. The van der Waals surface area contributed by atoms with Crippen LogP contribution in [0.3, 0.4) is 0 Å². The molecular weight excluding hydrogens is 418 g/mol. The molecule has 2 aromatic rings. The Morgan fingerprint density at radius 3 is 2.81 bits per heavy atom. The van der Waals surface area contributed by atoms with Crippen molar-refractivity contribution in [1.82, 2.24) is 14.9 Å². The number of amides is 1. The first kappa shape index (κ1) is 23.1. The minimum atomic E-state index is -0.300. The molecule has 3 rings (SSSR count). The molecule has 1 aliphatic carbocycles. The number of fused-ring (bicyclic) bond motifs is 1. The molecule has 1 amide bonds. The van der Waals surface area contributed by atoms with Gasteiger partial charge in [-0.15, -0.1) is 0 Å². The van der Waals surface area contributed by atoms with E-state index in [4.69, 9.17) is 14.6 Å². The summed E-state index contributed by atoms with van der Waals surface area (Å²) in [6.45, 7) is 1.02. The van der Waals surface area contributed by atoms with Crippen LogP contribution in [0.15, 0.2) is 28.0 Å². The summed E-state index contributed by atoms with van der Waals surface area (Å²) < 4.78 is 12.2. The summed E-state index contributed by atoms with van der Waals surface area (Å²) in [5.41, 5.74) is 2.81. The predicted molar refractivity (Wildman–Crippen MR) is 119 cm³/mol. The van der Waals surface area contributed by atoms with Crippen molar-refractivity contribution in [3.05, 3.63) is 45.5 Å². The molecule has 0 radical (unpaired) electrons. The van der Waals surface area contributed by atoms with Gasteiger partial charge in [-0.3, -0.25) is 9.36 Å². The van der Waals surface area contributed by atoms with Crippen molar-refractivity contribution in [2.75, 3.05) is 33.1 Å². The maximum Gasteiger partial charge on any atom is 0.348 e. The summed E-state index contributed by atoms with van der Waals surface area (Å²) in [5, 5.41) is 12.6. The van der Waals surface area contributed by atoms with Gasteiger partial charge in [0.2, 0.25) is 5.91 Å². The van der Waals surface area contributed by atoms with Crippen LogP contribution in [0.5, 0.6) is 11.5 Å². The van der Waals surface area contributed by atoms with Crippen LogP contribution in [0.4, 0.5) is 0 Å². The monoisotopic (exact) mass is 447 g/mol. The molecular formula is C22H29N3O5S. The van der Waals surface area contributed by atoms with Crippen molar-refractivity contribution in [3.63, 3.8) is 0 Å². The number of ether oxygens (including phenoxy) is 2. The third-order valence-corrected chi connectivity index (χ3v) is 6.28. The molecule has 31 heavy (non-hydrogen) atoms. The Balaban J connectivity index is 1.54. The lowest BCUT2D eigenvalue weighted by Crippen LogP contribution is -2.29. The molecule has 0 bridgehead atoms. The van der Waals surface area contributed by atoms with Gasteiger partial charge in [0.1, 0.15) is 5.03 Å². The van der Waals surface area contributed by atoms with Crippen LogP contribution in [0.2, 0.25) is 0 Å². The molecule has 168 valence electrons. The SMILES string of the molecule is COc1ccc(CCNC(=O)CSc2nc(=O)n(CCCO)c3c2CCC3)cc1OC. The number of benzene rings is 1. The van der Waals surface area contributed by atoms with Gasteiger partial charge in [0, 0.05) is 31.0 Å². The number of nitrogens with zero attached hydrogens (tertiary/aromatic N) is 2. The number of carbonyl (C=O) groups excluding carboxylic acids is 1. The summed E-state index contributed by atoms with van der Waals surface area (Å²) in [7, 11) is 3.19. The highest BCUT2D eigenvalue weighted by molar-refractivity contribution is 7.99. The van der Waals surface area contributed by atoms with Crippen molar-refractivity contribution in [2.45, 2.75) is 43.7 Å². The van der Waals surface area contributed by atoms with E-state index in [1.165, 1.54) is 11.8 Å². The summed E-state index contributed by atoms with van der Waals surface area (Å²) in [6.07, 6.45) is 3.88. The van der Waals surface area contributed by atoms with Crippen molar-refractivity contribution in [2.24, 2.45) is 0 Å². The smallest absolute Gasteiger partial charge is 0.348 e. The highest BCUT2D eigenvalue weighted by atomic mass is 32.2. The molecule has 0 atom stereocenters. The van der Waals surface area contributed by atoms with Crippen molar-refractivity contribution >= 4 is 17.7 Å². The highest BCUT2D eigenvalue weighted by Crippen LogP contribution is 2.29. The van der Waals surface area contributed by atoms with Gasteiger partial charge in [0.15, 0.2) is 11.5 Å². The molecule has 1 heterocycles. The van der Waals surface area contributed by atoms with Crippen LogP contribution in [0.25, 0.3) is 0 Å². The van der Waals surface area contributed by atoms with Crippen LogP contribution in [0.1, 0.15) is 29.7 Å². The summed E-state index contributed by atoms with van der Waals surface area (Å²) in [6, 6.07) is 5.70. The fourth-order valence-electron chi connectivity index (χ4n) is 3.73. The van der Waals surface area contributed by atoms with Gasteiger partial charge in [-0.05, 0) is 49.8 Å². The quantitative estimate of drug-likeness (QED) is 0.398. The third-order valence-electron chi connectivity index (χ3n) is 5.26. The third kappa shape index (κ3) is 5.80. The molecule has 2 N–H and O–H groups in total. The van der Waals surface area contributed by atoms with Gasteiger partial charge in [0.05, 0.1) is 20.0 Å². The fourth-order valence-corrected chi connectivity index (χ4v) is 4.64. The average molecular weight is 448 g/mol. The van der Waals surface area contributed by atoms with Gasteiger partial charge in [-0.25, -0.2) is 4.79 Å². The highest BCUT2D eigenvalue weighted by Gasteiger charge is 2.22. The number of carbonyl (C=O) groups is 1. The van der Waals surface area contributed by atoms with Crippen LogP contribution in [-0.2, 0) is 30.6 Å². The first-order valence-electron chi connectivity index (χ1n) is 10.4. The summed E-state index contributed by atoms with van der Waals surface area (Å²) in [4.78, 5) is 28.9. The molecule has 8 nitrogen and oxygen atoms in total. The van der Waals surface area contributed by atoms with E-state index in [1.807, 2.05) is 18.2 Å². The van der Waals surface area contributed by atoms with Crippen LogP contribution >= 0.6 is 11.8 Å². The fraction of sp³-hybridized carbons (Fsp3) is 0.500. The first-order chi connectivity index (χ1) is 15.1. The number of hydrogen-bond donors (Lipinski definition) is 2. The number of rotatable bonds is 11. The zero-order valence-corrected chi connectivity index (χ0v) is 18.8. The minimum absolute atomic E-state index is 0.0429. The summed E-state index contributed by atoms with van der Waals surface area (Å²) in [5.74, 6) is 1.45. The average Bonchev–Trinajstić information content (AvgIpc) is 3.27. The van der Waals surface area contributed by atoms with Gasteiger partial charge in [0.25, 0.3) is 0 Å². The number of aliphatic hydroxyl groups is 1. The summed E-state index contributed by atoms with van der Waals surface area (Å²) >= 11 is 1.32. The zero-order chi connectivity index (χ0) is 22.2. The van der Waals surface area contributed by atoms with Crippen molar-refractivity contribution < 1.29 is 19.4 Å². The van der Waals surface area contributed by atoms with E-state index in [1.54, 1.807) is 18.8 Å². The van der Waals surface area contributed by atoms with Gasteiger partial charge in [-0.2, -0.15) is 4.98 Å². The van der Waals surface area contributed by atoms with E-state index >= 15 is 0 Å². The Labute approximate surface area is 186 Å². The molecule has 0 saturated carbocycles. The number of thioether (sulfide) groups is 1. The maximum absolute atomic E-state index is 12.4. The number of aliphatic hydroxyl groups excluding tert-OH is 1. The molecule has 0 aliphatic heterocycles. The second-order valence-electron chi connectivity index (χ2n) is 7.29. The second-order valence-corrected chi connectivity index (χ2v) is 8.25. The largest absolute Gasteiger partial charge is 0.493 e. The molecule has 9 heteroatoms. The molecule has 1 aromatic carbocycles.